The van der Waals surface area contributed by atoms with Crippen LogP contribution in [0, 0.1) is 0 Å². The van der Waals surface area contributed by atoms with Gasteiger partial charge in [0, 0.05) is 18.1 Å². The van der Waals surface area contributed by atoms with E-state index in [-0.39, 0.29) is 0 Å². The largest absolute Gasteiger partial charge is 0.495 e. The fraction of sp³-hybridized carbons (Fsp3) is 0.167. The molecule has 0 fully saturated rings. The second-order valence-electron chi connectivity index (χ2n) is 3.63. The molecule has 1 aromatic carbocycles. The van der Waals surface area contributed by atoms with Crippen LogP contribution in [0.1, 0.15) is 5.69 Å². The van der Waals surface area contributed by atoms with Gasteiger partial charge in [-0.15, -0.1) is 0 Å². The number of fused-ring (bicyclic) bond motifs is 1. The summed E-state index contributed by atoms with van der Waals surface area (Å²) >= 11 is 6.22. The van der Waals surface area contributed by atoms with Gasteiger partial charge in [0.05, 0.1) is 23.3 Å². The molecule has 1 heterocycles. The summed E-state index contributed by atoms with van der Waals surface area (Å²) in [6, 6.07) is 5.71. The number of aromatic nitrogens is 1. The molecule has 16 heavy (non-hydrogen) atoms. The molecule has 2 N–H and O–H groups in total. The number of nitrogens with two attached hydrogens (primary N) is 1. The van der Waals surface area contributed by atoms with Crippen LogP contribution in [0.25, 0.3) is 16.6 Å². The van der Waals surface area contributed by atoms with Crippen molar-refractivity contribution in [2.75, 3.05) is 7.11 Å². The zero-order valence-corrected chi connectivity index (χ0v) is 10.0. The van der Waals surface area contributed by atoms with Crippen molar-refractivity contribution in [3.63, 3.8) is 0 Å². The van der Waals surface area contributed by atoms with Gasteiger partial charge in [0.25, 0.3) is 0 Å². The number of nitrogens with zero attached hydrogens (tertiary/aromatic N) is 1. The Hall–Kier alpha value is -1.61. The van der Waals surface area contributed by atoms with E-state index in [9.17, 15) is 0 Å². The van der Waals surface area contributed by atoms with E-state index in [4.69, 9.17) is 22.1 Å². The van der Waals surface area contributed by atoms with Crippen LogP contribution in [0.2, 0.25) is 5.02 Å². The molecule has 0 saturated carbocycles. The van der Waals surface area contributed by atoms with Gasteiger partial charge < -0.3 is 15.0 Å². The predicted octanol–water partition coefficient (Wildman–Crippen LogP) is 2.77. The second kappa shape index (κ2) is 3.76. The molecule has 2 aromatic rings. The molecule has 0 amide bonds. The van der Waals surface area contributed by atoms with Crippen molar-refractivity contribution >= 4 is 28.2 Å². The Morgan fingerprint density at radius 1 is 1.50 bits per heavy atom. The average molecular weight is 237 g/mol. The van der Waals surface area contributed by atoms with Crippen LogP contribution in [-0.4, -0.2) is 11.7 Å². The molecule has 0 bridgehead atoms. The van der Waals surface area contributed by atoms with E-state index in [0.717, 1.165) is 16.6 Å². The number of benzene rings is 1. The number of rotatable bonds is 2. The summed E-state index contributed by atoms with van der Waals surface area (Å²) in [6.07, 6.45) is 0. The Morgan fingerprint density at radius 2 is 2.19 bits per heavy atom. The number of ether oxygens (including phenoxy) is 1. The molecule has 0 aliphatic heterocycles. The first-order valence-corrected chi connectivity index (χ1v) is 5.20. The zero-order valence-electron chi connectivity index (χ0n) is 9.25. The minimum atomic E-state index is 0.522. The smallest absolute Gasteiger partial charge is 0.138 e. The third-order valence-corrected chi connectivity index (χ3v) is 3.06. The van der Waals surface area contributed by atoms with Gasteiger partial charge in [-0.05, 0) is 18.2 Å². The standard InChI is InChI=1S/C12H13ClN2O/c1-7(14)10-6-8-9(15(10)2)4-5-11(16-3)12(8)13/h4-6H,1,14H2,2-3H3. The summed E-state index contributed by atoms with van der Waals surface area (Å²) in [5, 5.41) is 1.52. The molecule has 0 atom stereocenters. The maximum Gasteiger partial charge on any atom is 0.138 e. The fourth-order valence-corrected chi connectivity index (χ4v) is 2.11. The highest BCUT2D eigenvalue weighted by molar-refractivity contribution is 6.37. The van der Waals surface area contributed by atoms with E-state index in [1.165, 1.54) is 0 Å². The maximum absolute atomic E-state index is 6.22. The van der Waals surface area contributed by atoms with Crippen molar-refractivity contribution in [3.05, 3.63) is 35.5 Å². The van der Waals surface area contributed by atoms with Crippen molar-refractivity contribution in [1.29, 1.82) is 0 Å². The quantitative estimate of drug-likeness (QED) is 0.871. The van der Waals surface area contributed by atoms with Crippen LogP contribution in [0.3, 0.4) is 0 Å². The van der Waals surface area contributed by atoms with Crippen LogP contribution in [0.4, 0.5) is 0 Å². The molecule has 2 rings (SSSR count). The first-order valence-electron chi connectivity index (χ1n) is 4.83. The minimum Gasteiger partial charge on any atom is -0.495 e. The average Bonchev–Trinajstić information content (AvgIpc) is 2.58. The highest BCUT2D eigenvalue weighted by Crippen LogP contribution is 2.34. The van der Waals surface area contributed by atoms with Crippen LogP contribution in [0.5, 0.6) is 5.75 Å². The Bertz CT molecular complexity index is 572. The molecule has 0 radical (unpaired) electrons. The van der Waals surface area contributed by atoms with E-state index < -0.39 is 0 Å². The van der Waals surface area contributed by atoms with Crippen LogP contribution in [0.15, 0.2) is 24.8 Å². The Balaban J connectivity index is 2.81. The molecular formula is C12H13ClN2O. The molecule has 0 aliphatic carbocycles. The van der Waals surface area contributed by atoms with Crippen molar-refractivity contribution in [3.8, 4) is 5.75 Å². The topological polar surface area (TPSA) is 40.2 Å². The third kappa shape index (κ3) is 1.44. The van der Waals surface area contributed by atoms with Gasteiger partial charge in [0.15, 0.2) is 0 Å². The predicted molar refractivity (Wildman–Crippen MR) is 67.7 cm³/mol. The molecule has 4 heteroatoms. The summed E-state index contributed by atoms with van der Waals surface area (Å²) in [7, 11) is 3.53. The molecule has 0 unspecified atom stereocenters. The van der Waals surface area contributed by atoms with E-state index in [1.54, 1.807) is 7.11 Å². The SMILES string of the molecule is C=C(N)c1cc2c(Cl)c(OC)ccc2n1C. The zero-order chi connectivity index (χ0) is 11.9. The minimum absolute atomic E-state index is 0.522. The van der Waals surface area contributed by atoms with Crippen LogP contribution >= 0.6 is 11.6 Å². The Morgan fingerprint density at radius 3 is 2.75 bits per heavy atom. The van der Waals surface area contributed by atoms with Crippen molar-refractivity contribution in [2.24, 2.45) is 12.8 Å². The summed E-state index contributed by atoms with van der Waals surface area (Å²) in [6.45, 7) is 3.74. The number of hydrogen-bond acceptors (Lipinski definition) is 2. The second-order valence-corrected chi connectivity index (χ2v) is 4.01. The van der Waals surface area contributed by atoms with Crippen LogP contribution in [-0.2, 0) is 7.05 Å². The lowest BCUT2D eigenvalue weighted by Crippen LogP contribution is -2.00. The lowest BCUT2D eigenvalue weighted by molar-refractivity contribution is 0.415. The van der Waals surface area contributed by atoms with Gasteiger partial charge in [0.1, 0.15) is 5.75 Å². The van der Waals surface area contributed by atoms with Gasteiger partial charge in [-0.1, -0.05) is 18.2 Å². The lowest BCUT2D eigenvalue weighted by atomic mass is 10.2. The third-order valence-electron chi connectivity index (χ3n) is 2.67. The van der Waals surface area contributed by atoms with E-state index in [1.807, 2.05) is 29.8 Å². The van der Waals surface area contributed by atoms with Gasteiger partial charge >= 0.3 is 0 Å². The number of methoxy groups -OCH3 is 1. The van der Waals surface area contributed by atoms with Crippen LogP contribution < -0.4 is 10.5 Å². The molecule has 1 aromatic heterocycles. The summed E-state index contributed by atoms with van der Waals surface area (Å²) in [5.74, 6) is 0.661. The van der Waals surface area contributed by atoms with Gasteiger partial charge in [0.2, 0.25) is 0 Å². The normalized spacial score (nSPS) is 10.7. The molecule has 0 spiro atoms. The monoisotopic (exact) mass is 236 g/mol. The van der Waals surface area contributed by atoms with Crippen molar-refractivity contribution in [2.45, 2.75) is 0 Å². The maximum atomic E-state index is 6.22. The first kappa shape index (κ1) is 10.9. The Labute approximate surface area is 99.1 Å². The molecule has 0 aliphatic rings. The summed E-state index contributed by atoms with van der Waals surface area (Å²) in [5.41, 5.74) is 8.10. The van der Waals surface area contributed by atoms with E-state index in [0.29, 0.717) is 16.5 Å². The van der Waals surface area contributed by atoms with Crippen molar-refractivity contribution < 1.29 is 4.74 Å². The molecule has 0 saturated heterocycles. The van der Waals surface area contributed by atoms with Crippen molar-refractivity contribution in [1.82, 2.24) is 4.57 Å². The molecular weight excluding hydrogens is 224 g/mol. The summed E-state index contributed by atoms with van der Waals surface area (Å²) < 4.78 is 7.13. The number of aryl methyl sites for hydroxylation is 1. The van der Waals surface area contributed by atoms with Gasteiger partial charge in [-0.3, -0.25) is 0 Å². The van der Waals surface area contributed by atoms with Gasteiger partial charge in [-0.2, -0.15) is 0 Å². The molecule has 3 nitrogen and oxygen atoms in total. The Kier molecular flexibility index (Phi) is 2.56. The highest BCUT2D eigenvalue weighted by atomic mass is 35.5. The first-order chi connectivity index (χ1) is 7.56. The fourth-order valence-electron chi connectivity index (χ4n) is 1.82. The summed E-state index contributed by atoms with van der Waals surface area (Å²) in [4.78, 5) is 0. The van der Waals surface area contributed by atoms with E-state index >= 15 is 0 Å². The van der Waals surface area contributed by atoms with E-state index in [2.05, 4.69) is 6.58 Å². The highest BCUT2D eigenvalue weighted by Gasteiger charge is 2.12. The number of halogens is 1. The molecule has 84 valence electrons. The lowest BCUT2D eigenvalue weighted by Gasteiger charge is -2.05. The van der Waals surface area contributed by atoms with Gasteiger partial charge in [-0.25, -0.2) is 0 Å². The number of hydrogen-bond donors (Lipinski definition) is 1.